The van der Waals surface area contributed by atoms with Crippen molar-refractivity contribution < 1.29 is 14.6 Å². The van der Waals surface area contributed by atoms with Gasteiger partial charge < -0.3 is 9.84 Å². The summed E-state index contributed by atoms with van der Waals surface area (Å²) in [6.45, 7) is 6.43. The zero-order chi connectivity index (χ0) is 11.4. The number of carbonyl (C=O) groups is 1. The number of rotatable bonds is 4. The Labute approximate surface area is 89.7 Å². The van der Waals surface area contributed by atoms with E-state index in [1.54, 1.807) is 18.2 Å². The second-order valence-electron chi connectivity index (χ2n) is 3.64. The van der Waals surface area contributed by atoms with Gasteiger partial charge in [-0.2, -0.15) is 0 Å². The molecule has 0 amide bonds. The summed E-state index contributed by atoms with van der Waals surface area (Å²) in [7, 11) is 0. The van der Waals surface area contributed by atoms with E-state index in [0.717, 1.165) is 11.3 Å². The van der Waals surface area contributed by atoms with Gasteiger partial charge in [-0.3, -0.25) is 0 Å². The normalized spacial score (nSPS) is 10.4. The molecule has 0 bridgehead atoms. The third-order valence-electron chi connectivity index (χ3n) is 2.19. The molecule has 0 atom stereocenters. The van der Waals surface area contributed by atoms with E-state index in [0.29, 0.717) is 12.2 Å². The first-order valence-electron chi connectivity index (χ1n) is 5.06. The topological polar surface area (TPSA) is 46.5 Å². The summed E-state index contributed by atoms with van der Waals surface area (Å²) >= 11 is 0. The molecule has 1 aromatic carbocycles. The van der Waals surface area contributed by atoms with Gasteiger partial charge in [-0.05, 0) is 36.6 Å². The molecule has 1 N–H and O–H groups in total. The molecular weight excluding hydrogens is 192 g/mol. The molecule has 0 spiro atoms. The van der Waals surface area contributed by atoms with Crippen LogP contribution in [0, 0.1) is 0 Å². The summed E-state index contributed by atoms with van der Waals surface area (Å²) < 4.78 is 5.34. The lowest BCUT2D eigenvalue weighted by atomic mass is 9.97. The first kappa shape index (κ1) is 11.6. The van der Waals surface area contributed by atoms with Gasteiger partial charge >= 0.3 is 5.97 Å². The fourth-order valence-corrected chi connectivity index (χ4v) is 1.47. The molecule has 1 rings (SSSR count). The van der Waals surface area contributed by atoms with E-state index in [4.69, 9.17) is 9.84 Å². The highest BCUT2D eigenvalue weighted by Gasteiger charge is 2.13. The molecule has 0 aromatic heterocycles. The summed E-state index contributed by atoms with van der Waals surface area (Å²) in [6.07, 6.45) is 0. The van der Waals surface area contributed by atoms with Crippen molar-refractivity contribution in [3.05, 3.63) is 29.3 Å². The van der Waals surface area contributed by atoms with Crippen LogP contribution in [0.15, 0.2) is 18.2 Å². The van der Waals surface area contributed by atoms with Gasteiger partial charge in [-0.15, -0.1) is 0 Å². The van der Waals surface area contributed by atoms with E-state index < -0.39 is 5.97 Å². The Balaban J connectivity index is 3.15. The zero-order valence-electron chi connectivity index (χ0n) is 9.28. The second kappa shape index (κ2) is 4.82. The van der Waals surface area contributed by atoms with E-state index in [2.05, 4.69) is 0 Å². The van der Waals surface area contributed by atoms with Crippen LogP contribution in [-0.2, 0) is 0 Å². The Hall–Kier alpha value is -1.51. The third-order valence-corrected chi connectivity index (χ3v) is 2.19. The molecule has 0 fully saturated rings. The molecule has 0 aliphatic carbocycles. The number of hydrogen-bond acceptors (Lipinski definition) is 2. The lowest BCUT2D eigenvalue weighted by Gasteiger charge is -2.12. The zero-order valence-corrected chi connectivity index (χ0v) is 9.28. The Bertz CT molecular complexity index is 356. The van der Waals surface area contributed by atoms with Gasteiger partial charge in [0.15, 0.2) is 0 Å². The van der Waals surface area contributed by atoms with Crippen molar-refractivity contribution >= 4 is 5.97 Å². The summed E-state index contributed by atoms with van der Waals surface area (Å²) in [4.78, 5) is 11.0. The molecule has 3 nitrogen and oxygen atoms in total. The molecule has 15 heavy (non-hydrogen) atoms. The SMILES string of the molecule is CCOc1ccc(C(=O)O)c(C(C)C)c1. The summed E-state index contributed by atoms with van der Waals surface area (Å²) in [6, 6.07) is 5.10. The smallest absolute Gasteiger partial charge is 0.335 e. The number of aromatic carboxylic acids is 1. The average molecular weight is 208 g/mol. The quantitative estimate of drug-likeness (QED) is 0.827. The maximum absolute atomic E-state index is 11.0. The maximum Gasteiger partial charge on any atom is 0.335 e. The van der Waals surface area contributed by atoms with Gasteiger partial charge in [-0.25, -0.2) is 4.79 Å². The van der Waals surface area contributed by atoms with Crippen LogP contribution in [0.4, 0.5) is 0 Å². The van der Waals surface area contributed by atoms with Gasteiger partial charge in [-0.1, -0.05) is 13.8 Å². The van der Waals surface area contributed by atoms with Gasteiger partial charge in [0.1, 0.15) is 5.75 Å². The van der Waals surface area contributed by atoms with Gasteiger partial charge in [0, 0.05) is 0 Å². The predicted octanol–water partition coefficient (Wildman–Crippen LogP) is 2.91. The molecule has 0 unspecified atom stereocenters. The maximum atomic E-state index is 11.0. The highest BCUT2D eigenvalue weighted by molar-refractivity contribution is 5.89. The first-order chi connectivity index (χ1) is 7.06. The monoisotopic (exact) mass is 208 g/mol. The van der Waals surface area contributed by atoms with Crippen molar-refractivity contribution in [1.29, 1.82) is 0 Å². The van der Waals surface area contributed by atoms with E-state index in [9.17, 15) is 4.79 Å². The predicted molar refractivity (Wildman–Crippen MR) is 58.7 cm³/mol. The molecule has 0 aliphatic rings. The summed E-state index contributed by atoms with van der Waals surface area (Å²) in [5.74, 6) is 0.0180. The molecule has 0 aliphatic heterocycles. The van der Waals surface area contributed by atoms with Crippen molar-refractivity contribution in [2.24, 2.45) is 0 Å². The minimum Gasteiger partial charge on any atom is -0.494 e. The summed E-state index contributed by atoms with van der Waals surface area (Å²) in [5, 5.41) is 8.99. The average Bonchev–Trinajstić information content (AvgIpc) is 2.17. The van der Waals surface area contributed by atoms with Crippen molar-refractivity contribution in [3.8, 4) is 5.75 Å². The fourth-order valence-electron chi connectivity index (χ4n) is 1.47. The summed E-state index contributed by atoms with van der Waals surface area (Å²) in [5.41, 5.74) is 1.17. The van der Waals surface area contributed by atoms with Crippen molar-refractivity contribution in [3.63, 3.8) is 0 Å². The lowest BCUT2D eigenvalue weighted by molar-refractivity contribution is 0.0695. The highest BCUT2D eigenvalue weighted by Crippen LogP contribution is 2.24. The van der Waals surface area contributed by atoms with Crippen molar-refractivity contribution in [2.75, 3.05) is 6.61 Å². The molecular formula is C12H16O3. The van der Waals surface area contributed by atoms with Crippen molar-refractivity contribution in [1.82, 2.24) is 0 Å². The largest absolute Gasteiger partial charge is 0.494 e. The number of carboxylic acid groups (broad SMARTS) is 1. The minimum absolute atomic E-state index is 0.177. The van der Waals surface area contributed by atoms with Gasteiger partial charge in [0.05, 0.1) is 12.2 Å². The number of carboxylic acids is 1. The van der Waals surface area contributed by atoms with Crippen LogP contribution in [0.3, 0.4) is 0 Å². The van der Waals surface area contributed by atoms with Gasteiger partial charge in [0.2, 0.25) is 0 Å². The number of hydrogen-bond donors (Lipinski definition) is 1. The molecule has 0 saturated heterocycles. The second-order valence-corrected chi connectivity index (χ2v) is 3.64. The molecule has 3 heteroatoms. The van der Waals surface area contributed by atoms with Crippen molar-refractivity contribution in [2.45, 2.75) is 26.7 Å². The number of benzene rings is 1. The molecule has 0 radical (unpaired) electrons. The molecule has 0 heterocycles. The van der Waals surface area contributed by atoms with E-state index in [-0.39, 0.29) is 5.92 Å². The highest BCUT2D eigenvalue weighted by atomic mass is 16.5. The van der Waals surface area contributed by atoms with Gasteiger partial charge in [0.25, 0.3) is 0 Å². The number of ether oxygens (including phenoxy) is 1. The van der Waals surface area contributed by atoms with Crippen LogP contribution in [0.5, 0.6) is 5.75 Å². The van der Waals surface area contributed by atoms with Crippen LogP contribution in [0.1, 0.15) is 42.6 Å². The van der Waals surface area contributed by atoms with E-state index in [1.807, 2.05) is 20.8 Å². The van der Waals surface area contributed by atoms with Crippen LogP contribution in [0.25, 0.3) is 0 Å². The van der Waals surface area contributed by atoms with Crippen LogP contribution in [0.2, 0.25) is 0 Å². The van der Waals surface area contributed by atoms with E-state index in [1.165, 1.54) is 0 Å². The van der Waals surface area contributed by atoms with Crippen LogP contribution < -0.4 is 4.74 Å². The third kappa shape index (κ3) is 2.72. The standard InChI is InChI=1S/C12H16O3/c1-4-15-9-5-6-10(12(13)14)11(7-9)8(2)3/h5-8H,4H2,1-3H3,(H,13,14). The van der Waals surface area contributed by atoms with Crippen LogP contribution in [-0.4, -0.2) is 17.7 Å². The Morgan fingerprint density at radius 3 is 2.60 bits per heavy atom. The lowest BCUT2D eigenvalue weighted by Crippen LogP contribution is -2.04. The van der Waals surface area contributed by atoms with Crippen LogP contribution >= 0.6 is 0 Å². The molecule has 0 saturated carbocycles. The fraction of sp³-hybridized carbons (Fsp3) is 0.417. The first-order valence-corrected chi connectivity index (χ1v) is 5.06. The Morgan fingerprint density at radius 1 is 1.47 bits per heavy atom. The molecule has 82 valence electrons. The molecule has 1 aromatic rings. The minimum atomic E-state index is -0.887. The van der Waals surface area contributed by atoms with E-state index >= 15 is 0 Å². The Morgan fingerprint density at radius 2 is 2.13 bits per heavy atom. The Kier molecular flexibility index (Phi) is 3.72.